The van der Waals surface area contributed by atoms with E-state index >= 15 is 0 Å². The summed E-state index contributed by atoms with van der Waals surface area (Å²) in [6, 6.07) is 23.5. The maximum absolute atomic E-state index is 12.2. The Morgan fingerprint density at radius 1 is 0.861 bits per heavy atom. The summed E-state index contributed by atoms with van der Waals surface area (Å²) in [5.74, 6) is -0.0111. The van der Waals surface area contributed by atoms with Crippen LogP contribution in [0.25, 0.3) is 23.1 Å². The molecule has 5 rings (SSSR count). The first-order valence-electron chi connectivity index (χ1n) is 12.0. The van der Waals surface area contributed by atoms with Crippen LogP contribution in [0.4, 0.5) is 17.1 Å². The highest BCUT2D eigenvalue weighted by atomic mass is 16.2. The SMILES string of the molecule is O=C(/C=C/C(=O)Nc1cccc(Nc2ccc3c(/C=C/c4ccccc4)n[nH]c3c2)c1)NCC1CC1. The highest BCUT2D eigenvalue weighted by Gasteiger charge is 2.21. The van der Waals surface area contributed by atoms with Crippen LogP contribution in [0.3, 0.4) is 0 Å². The molecule has 0 atom stereocenters. The van der Waals surface area contributed by atoms with Crippen molar-refractivity contribution in [1.29, 1.82) is 0 Å². The van der Waals surface area contributed by atoms with Crippen molar-refractivity contribution in [2.45, 2.75) is 12.8 Å². The molecule has 0 aliphatic heterocycles. The van der Waals surface area contributed by atoms with Gasteiger partial charge in [-0.15, -0.1) is 0 Å². The van der Waals surface area contributed by atoms with Gasteiger partial charge in [-0.25, -0.2) is 0 Å². The monoisotopic (exact) mass is 477 g/mol. The highest BCUT2D eigenvalue weighted by Crippen LogP contribution is 2.27. The van der Waals surface area contributed by atoms with E-state index in [1.54, 1.807) is 6.07 Å². The van der Waals surface area contributed by atoms with Crippen molar-refractivity contribution in [1.82, 2.24) is 15.5 Å². The molecule has 4 N–H and O–H groups in total. The lowest BCUT2D eigenvalue weighted by atomic mass is 10.1. The summed E-state index contributed by atoms with van der Waals surface area (Å²) in [4.78, 5) is 24.0. The molecule has 7 nitrogen and oxygen atoms in total. The van der Waals surface area contributed by atoms with Crippen LogP contribution in [0.15, 0.2) is 84.9 Å². The van der Waals surface area contributed by atoms with Crippen molar-refractivity contribution < 1.29 is 9.59 Å². The summed E-state index contributed by atoms with van der Waals surface area (Å²) in [7, 11) is 0. The summed E-state index contributed by atoms with van der Waals surface area (Å²) in [6.07, 6.45) is 8.88. The Labute approximate surface area is 209 Å². The number of carbonyl (C=O) groups excluding carboxylic acids is 2. The molecule has 0 unspecified atom stereocenters. The zero-order valence-electron chi connectivity index (χ0n) is 19.7. The first kappa shape index (κ1) is 23.1. The molecule has 0 radical (unpaired) electrons. The van der Waals surface area contributed by atoms with Crippen LogP contribution < -0.4 is 16.0 Å². The quantitative estimate of drug-likeness (QED) is 0.239. The van der Waals surface area contributed by atoms with Gasteiger partial charge in [-0.05, 0) is 66.8 Å². The molecule has 180 valence electrons. The minimum atomic E-state index is -0.358. The number of fused-ring (bicyclic) bond motifs is 1. The smallest absolute Gasteiger partial charge is 0.248 e. The minimum absolute atomic E-state index is 0.250. The van der Waals surface area contributed by atoms with Gasteiger partial charge in [0, 0.05) is 41.1 Å². The van der Waals surface area contributed by atoms with Gasteiger partial charge in [0.1, 0.15) is 0 Å². The average molecular weight is 478 g/mol. The van der Waals surface area contributed by atoms with E-state index in [4.69, 9.17) is 0 Å². The van der Waals surface area contributed by atoms with Gasteiger partial charge in [0.05, 0.1) is 11.2 Å². The van der Waals surface area contributed by atoms with Gasteiger partial charge in [-0.1, -0.05) is 42.5 Å². The van der Waals surface area contributed by atoms with Crippen LogP contribution >= 0.6 is 0 Å². The molecule has 2 amide bonds. The van der Waals surface area contributed by atoms with E-state index in [1.807, 2.05) is 78.9 Å². The summed E-state index contributed by atoms with van der Waals surface area (Å²) in [5, 5.41) is 17.5. The Morgan fingerprint density at radius 3 is 2.47 bits per heavy atom. The molecule has 1 aromatic heterocycles. The van der Waals surface area contributed by atoms with Gasteiger partial charge in [-0.3, -0.25) is 14.7 Å². The average Bonchev–Trinajstić information content (AvgIpc) is 3.64. The molecule has 36 heavy (non-hydrogen) atoms. The predicted octanol–water partition coefficient (Wildman–Crippen LogP) is 5.50. The Morgan fingerprint density at radius 2 is 1.64 bits per heavy atom. The fourth-order valence-electron chi connectivity index (χ4n) is 3.79. The maximum atomic E-state index is 12.2. The van der Waals surface area contributed by atoms with Crippen LogP contribution in [0.2, 0.25) is 0 Å². The van der Waals surface area contributed by atoms with Gasteiger partial charge < -0.3 is 16.0 Å². The fraction of sp³-hybridized carbons (Fsp3) is 0.138. The number of hydrogen-bond acceptors (Lipinski definition) is 4. The highest BCUT2D eigenvalue weighted by molar-refractivity contribution is 6.03. The minimum Gasteiger partial charge on any atom is -0.355 e. The molecule has 3 aromatic carbocycles. The van der Waals surface area contributed by atoms with E-state index in [2.05, 4.69) is 26.1 Å². The lowest BCUT2D eigenvalue weighted by Gasteiger charge is -2.09. The molecular weight excluding hydrogens is 450 g/mol. The fourth-order valence-corrected chi connectivity index (χ4v) is 3.79. The number of benzene rings is 3. The van der Waals surface area contributed by atoms with Crippen LogP contribution in [0.1, 0.15) is 24.1 Å². The lowest BCUT2D eigenvalue weighted by Crippen LogP contribution is -2.23. The second-order valence-electron chi connectivity index (χ2n) is 8.83. The molecule has 0 bridgehead atoms. The van der Waals surface area contributed by atoms with Gasteiger partial charge in [0.2, 0.25) is 11.8 Å². The number of rotatable bonds is 9. The second-order valence-corrected chi connectivity index (χ2v) is 8.83. The predicted molar refractivity (Wildman–Crippen MR) is 145 cm³/mol. The number of hydrogen-bond donors (Lipinski definition) is 4. The van der Waals surface area contributed by atoms with Crippen molar-refractivity contribution in [3.63, 3.8) is 0 Å². The molecule has 1 heterocycles. The number of carbonyl (C=O) groups is 2. The van der Waals surface area contributed by atoms with E-state index < -0.39 is 0 Å². The van der Waals surface area contributed by atoms with Crippen molar-refractivity contribution in [2.24, 2.45) is 5.92 Å². The number of aromatic amines is 1. The Balaban J connectivity index is 1.20. The third-order valence-corrected chi connectivity index (χ3v) is 5.89. The van der Waals surface area contributed by atoms with Gasteiger partial charge in [0.25, 0.3) is 0 Å². The molecule has 1 saturated carbocycles. The summed E-state index contributed by atoms with van der Waals surface area (Å²) >= 11 is 0. The molecule has 4 aromatic rings. The van der Waals surface area contributed by atoms with Crippen molar-refractivity contribution in [3.05, 3.63) is 96.2 Å². The van der Waals surface area contributed by atoms with Crippen LogP contribution in [-0.2, 0) is 9.59 Å². The zero-order chi connectivity index (χ0) is 24.7. The van der Waals surface area contributed by atoms with E-state index in [-0.39, 0.29) is 11.8 Å². The molecule has 1 aliphatic rings. The van der Waals surface area contributed by atoms with Gasteiger partial charge in [0.15, 0.2) is 0 Å². The lowest BCUT2D eigenvalue weighted by molar-refractivity contribution is -0.117. The molecule has 0 spiro atoms. The Kier molecular flexibility index (Phi) is 6.89. The first-order valence-corrected chi connectivity index (χ1v) is 12.0. The van der Waals surface area contributed by atoms with E-state index in [1.165, 1.54) is 12.2 Å². The number of amides is 2. The molecule has 1 fully saturated rings. The van der Waals surface area contributed by atoms with Crippen molar-refractivity contribution in [3.8, 4) is 0 Å². The standard InChI is InChI=1S/C29H27N5O2/c35-28(30-19-21-9-10-21)15-16-29(36)32-23-8-4-7-22(17-23)31-24-12-13-25-26(33-34-27(25)18-24)14-11-20-5-2-1-3-6-20/h1-8,11-18,21,31H,9-10,19H2,(H,30,35)(H,32,36)(H,33,34)/b14-11+,16-15+. The van der Waals surface area contributed by atoms with E-state index in [0.717, 1.165) is 46.4 Å². The van der Waals surface area contributed by atoms with Crippen LogP contribution in [-0.4, -0.2) is 28.6 Å². The van der Waals surface area contributed by atoms with Crippen LogP contribution in [0.5, 0.6) is 0 Å². The normalized spacial score (nSPS) is 13.3. The number of nitrogens with one attached hydrogen (secondary N) is 4. The summed E-state index contributed by atoms with van der Waals surface area (Å²) in [6.45, 7) is 0.675. The zero-order valence-corrected chi connectivity index (χ0v) is 19.7. The third-order valence-electron chi connectivity index (χ3n) is 5.89. The summed E-state index contributed by atoms with van der Waals surface area (Å²) in [5.41, 5.74) is 5.25. The largest absolute Gasteiger partial charge is 0.355 e. The second kappa shape index (κ2) is 10.7. The maximum Gasteiger partial charge on any atom is 0.248 e. The molecular formula is C29H27N5O2. The summed E-state index contributed by atoms with van der Waals surface area (Å²) < 4.78 is 0. The van der Waals surface area contributed by atoms with Gasteiger partial charge >= 0.3 is 0 Å². The number of H-pyrrole nitrogens is 1. The third kappa shape index (κ3) is 6.27. The Hall–Kier alpha value is -4.65. The molecule has 7 heteroatoms. The number of anilines is 3. The van der Waals surface area contributed by atoms with E-state index in [9.17, 15) is 9.59 Å². The number of nitrogens with zero attached hydrogens (tertiary/aromatic N) is 1. The molecule has 1 aliphatic carbocycles. The van der Waals surface area contributed by atoms with Crippen LogP contribution in [0, 0.1) is 5.92 Å². The van der Waals surface area contributed by atoms with Crippen molar-refractivity contribution >= 4 is 51.9 Å². The van der Waals surface area contributed by atoms with E-state index in [0.29, 0.717) is 18.2 Å². The van der Waals surface area contributed by atoms with Gasteiger partial charge in [-0.2, -0.15) is 5.10 Å². The number of aromatic nitrogens is 2. The Bertz CT molecular complexity index is 1430. The topological polar surface area (TPSA) is 98.9 Å². The molecule has 0 saturated heterocycles. The first-order chi connectivity index (χ1) is 17.6. The van der Waals surface area contributed by atoms with Crippen molar-refractivity contribution in [2.75, 3.05) is 17.2 Å².